The van der Waals surface area contributed by atoms with Crippen molar-refractivity contribution >= 4 is 38.4 Å². The lowest BCUT2D eigenvalue weighted by atomic mass is 10.1. The van der Waals surface area contributed by atoms with Gasteiger partial charge in [0.25, 0.3) is 11.5 Å². The quantitative estimate of drug-likeness (QED) is 0.717. The van der Waals surface area contributed by atoms with Gasteiger partial charge in [-0.15, -0.1) is 0 Å². The molecule has 0 radical (unpaired) electrons. The molecule has 1 N–H and O–H groups in total. The van der Waals surface area contributed by atoms with Crippen LogP contribution in [0.4, 0.5) is 5.69 Å². The molecule has 0 saturated carbocycles. The van der Waals surface area contributed by atoms with Gasteiger partial charge in [0, 0.05) is 28.7 Å². The molecule has 1 aromatic heterocycles. The van der Waals surface area contributed by atoms with E-state index in [1.807, 2.05) is 25.1 Å². The number of halogens is 1. The predicted octanol–water partition coefficient (Wildman–Crippen LogP) is 3.67. The van der Waals surface area contributed by atoms with Crippen LogP contribution in [0.5, 0.6) is 0 Å². The average molecular weight is 398 g/mol. The van der Waals surface area contributed by atoms with Crippen molar-refractivity contribution in [3.8, 4) is 0 Å². The van der Waals surface area contributed by atoms with Crippen molar-refractivity contribution < 1.29 is 4.79 Å². The summed E-state index contributed by atoms with van der Waals surface area (Å²) in [5, 5.41) is 3.44. The van der Waals surface area contributed by atoms with Crippen LogP contribution in [0.2, 0.25) is 0 Å². The zero-order chi connectivity index (χ0) is 17.6. The first kappa shape index (κ1) is 16.0. The fraction of sp³-hybridized carbons (Fsp3) is 0.211. The van der Waals surface area contributed by atoms with E-state index in [4.69, 9.17) is 0 Å². The Hall–Kier alpha value is -2.47. The minimum absolute atomic E-state index is 0.0204. The maximum absolute atomic E-state index is 12.5. The van der Waals surface area contributed by atoms with Crippen molar-refractivity contribution in [3.05, 3.63) is 68.2 Å². The second-order valence-electron chi connectivity index (χ2n) is 6.24. The van der Waals surface area contributed by atoms with E-state index in [1.54, 1.807) is 22.8 Å². The van der Waals surface area contributed by atoms with Crippen LogP contribution in [0, 0.1) is 6.92 Å². The molecule has 2 aromatic carbocycles. The van der Waals surface area contributed by atoms with E-state index in [-0.39, 0.29) is 11.5 Å². The van der Waals surface area contributed by atoms with E-state index in [0.29, 0.717) is 16.5 Å². The Morgan fingerprint density at radius 2 is 2.08 bits per heavy atom. The summed E-state index contributed by atoms with van der Waals surface area (Å²) in [5.74, 6) is 0.588. The van der Waals surface area contributed by atoms with Crippen molar-refractivity contribution in [1.29, 1.82) is 0 Å². The molecule has 3 aromatic rings. The number of rotatable bonds is 2. The molecule has 0 bridgehead atoms. The topological polar surface area (TPSA) is 64.0 Å². The molecule has 1 aliphatic heterocycles. The molecular weight excluding hydrogens is 382 g/mol. The molecule has 0 saturated heterocycles. The number of aromatic nitrogens is 2. The van der Waals surface area contributed by atoms with Crippen LogP contribution in [-0.2, 0) is 13.0 Å². The maximum Gasteiger partial charge on any atom is 0.261 e. The van der Waals surface area contributed by atoms with Crippen LogP contribution >= 0.6 is 15.9 Å². The number of nitrogens with zero attached hydrogens (tertiary/aromatic N) is 2. The molecule has 0 unspecified atom stereocenters. The summed E-state index contributed by atoms with van der Waals surface area (Å²) in [7, 11) is 0. The first-order valence-electron chi connectivity index (χ1n) is 8.14. The number of hydrogen-bond donors (Lipinski definition) is 1. The highest BCUT2D eigenvalue weighted by molar-refractivity contribution is 9.10. The summed E-state index contributed by atoms with van der Waals surface area (Å²) in [6, 6.07) is 10.7. The molecule has 6 heteroatoms. The second-order valence-corrected chi connectivity index (χ2v) is 7.09. The standard InChI is InChI=1S/C19H16BrN3O2/c1-11-9-13(5-7-15(11)20)21-18(24)12-4-6-14-16(10-12)22-17-3-2-8-23(17)19(14)25/h4-7,9-10H,2-3,8H2,1H3,(H,21,24). The van der Waals surface area contributed by atoms with Crippen LogP contribution in [0.15, 0.2) is 45.7 Å². The van der Waals surface area contributed by atoms with E-state index >= 15 is 0 Å². The Kier molecular flexibility index (Phi) is 3.92. The molecule has 2 heterocycles. The highest BCUT2D eigenvalue weighted by atomic mass is 79.9. The van der Waals surface area contributed by atoms with Crippen molar-refractivity contribution in [2.45, 2.75) is 26.3 Å². The number of fused-ring (bicyclic) bond motifs is 2. The summed E-state index contributed by atoms with van der Waals surface area (Å²) < 4.78 is 2.72. The molecule has 126 valence electrons. The van der Waals surface area contributed by atoms with E-state index in [0.717, 1.165) is 40.9 Å². The van der Waals surface area contributed by atoms with Crippen molar-refractivity contribution in [1.82, 2.24) is 9.55 Å². The second kappa shape index (κ2) is 6.11. The number of anilines is 1. The van der Waals surface area contributed by atoms with Gasteiger partial charge in [0.15, 0.2) is 0 Å². The Morgan fingerprint density at radius 3 is 2.88 bits per heavy atom. The molecule has 0 fully saturated rings. The first-order valence-corrected chi connectivity index (χ1v) is 8.93. The molecular formula is C19H16BrN3O2. The van der Waals surface area contributed by atoms with Gasteiger partial charge in [0.1, 0.15) is 5.82 Å². The monoisotopic (exact) mass is 397 g/mol. The summed E-state index contributed by atoms with van der Waals surface area (Å²) in [5.41, 5.74) is 2.82. The smallest absolute Gasteiger partial charge is 0.261 e. The van der Waals surface area contributed by atoms with Gasteiger partial charge in [-0.3, -0.25) is 14.2 Å². The van der Waals surface area contributed by atoms with Crippen LogP contribution in [-0.4, -0.2) is 15.5 Å². The lowest BCUT2D eigenvalue weighted by molar-refractivity contribution is 0.102. The number of carbonyl (C=O) groups excluding carboxylic acids is 1. The van der Waals surface area contributed by atoms with E-state index in [2.05, 4.69) is 26.2 Å². The van der Waals surface area contributed by atoms with Crippen LogP contribution in [0.3, 0.4) is 0 Å². The van der Waals surface area contributed by atoms with Crippen molar-refractivity contribution in [3.63, 3.8) is 0 Å². The Morgan fingerprint density at radius 1 is 1.24 bits per heavy atom. The zero-order valence-corrected chi connectivity index (χ0v) is 15.3. The van der Waals surface area contributed by atoms with Crippen molar-refractivity contribution in [2.24, 2.45) is 0 Å². The number of aryl methyl sites for hydroxylation is 2. The van der Waals surface area contributed by atoms with Crippen molar-refractivity contribution in [2.75, 3.05) is 5.32 Å². The molecule has 4 rings (SSSR count). The Bertz CT molecular complexity index is 1070. The van der Waals surface area contributed by atoms with E-state index in [9.17, 15) is 9.59 Å². The number of amides is 1. The Labute approximate surface area is 152 Å². The van der Waals surface area contributed by atoms with Gasteiger partial charge in [0.2, 0.25) is 0 Å². The highest BCUT2D eigenvalue weighted by Crippen LogP contribution is 2.21. The summed E-state index contributed by atoms with van der Waals surface area (Å²) in [6.07, 6.45) is 1.74. The molecule has 5 nitrogen and oxygen atoms in total. The third kappa shape index (κ3) is 2.87. The van der Waals surface area contributed by atoms with Gasteiger partial charge in [-0.05, 0) is 55.3 Å². The SMILES string of the molecule is Cc1cc(NC(=O)c2ccc3c(=O)n4c(nc3c2)CCC4)ccc1Br. The fourth-order valence-electron chi connectivity index (χ4n) is 3.15. The largest absolute Gasteiger partial charge is 0.322 e. The molecule has 1 aliphatic rings. The number of carbonyl (C=O) groups is 1. The third-order valence-electron chi connectivity index (χ3n) is 4.49. The van der Waals surface area contributed by atoms with E-state index in [1.165, 1.54) is 0 Å². The van der Waals surface area contributed by atoms with Gasteiger partial charge in [-0.25, -0.2) is 4.98 Å². The summed E-state index contributed by atoms with van der Waals surface area (Å²) >= 11 is 3.45. The number of hydrogen-bond acceptors (Lipinski definition) is 3. The normalized spacial score (nSPS) is 13.0. The van der Waals surface area contributed by atoms with Gasteiger partial charge < -0.3 is 5.32 Å². The lowest BCUT2D eigenvalue weighted by Crippen LogP contribution is -2.21. The van der Waals surface area contributed by atoms with Gasteiger partial charge in [0.05, 0.1) is 10.9 Å². The van der Waals surface area contributed by atoms with Gasteiger partial charge in [-0.1, -0.05) is 15.9 Å². The van der Waals surface area contributed by atoms with Crippen LogP contribution in [0.25, 0.3) is 10.9 Å². The number of benzene rings is 2. The Balaban J connectivity index is 1.69. The number of nitrogens with one attached hydrogen (secondary N) is 1. The maximum atomic E-state index is 12.5. The van der Waals surface area contributed by atoms with Gasteiger partial charge >= 0.3 is 0 Å². The third-order valence-corrected chi connectivity index (χ3v) is 5.38. The summed E-state index contributed by atoms with van der Waals surface area (Å²) in [6.45, 7) is 2.69. The predicted molar refractivity (Wildman–Crippen MR) is 101 cm³/mol. The first-order chi connectivity index (χ1) is 12.0. The summed E-state index contributed by atoms with van der Waals surface area (Å²) in [4.78, 5) is 29.6. The fourth-order valence-corrected chi connectivity index (χ4v) is 3.40. The average Bonchev–Trinajstić information content (AvgIpc) is 3.06. The van der Waals surface area contributed by atoms with Gasteiger partial charge in [-0.2, -0.15) is 0 Å². The van der Waals surface area contributed by atoms with Crippen LogP contribution in [0.1, 0.15) is 28.2 Å². The highest BCUT2D eigenvalue weighted by Gasteiger charge is 2.17. The molecule has 25 heavy (non-hydrogen) atoms. The minimum Gasteiger partial charge on any atom is -0.322 e. The lowest BCUT2D eigenvalue weighted by Gasteiger charge is -2.09. The molecule has 0 aliphatic carbocycles. The molecule has 0 atom stereocenters. The van der Waals surface area contributed by atoms with E-state index < -0.39 is 0 Å². The minimum atomic E-state index is -0.217. The van der Waals surface area contributed by atoms with Crippen LogP contribution < -0.4 is 10.9 Å². The molecule has 0 spiro atoms. The molecule has 1 amide bonds. The zero-order valence-electron chi connectivity index (χ0n) is 13.7.